The molecule has 1 aromatic carbocycles. The van der Waals surface area contributed by atoms with E-state index < -0.39 is 38.7 Å². The van der Waals surface area contributed by atoms with Crippen molar-refractivity contribution in [2.75, 3.05) is 13.1 Å². The summed E-state index contributed by atoms with van der Waals surface area (Å²) in [6.45, 7) is 0.738. The predicted molar refractivity (Wildman–Crippen MR) is 70.2 cm³/mol. The molecule has 4 nitrogen and oxygen atoms in total. The van der Waals surface area contributed by atoms with E-state index in [1.165, 1.54) is 0 Å². The van der Waals surface area contributed by atoms with Gasteiger partial charge in [0.15, 0.2) is 5.82 Å². The predicted octanol–water partition coefficient (Wildman–Crippen LogP) is 1.49. The van der Waals surface area contributed by atoms with Gasteiger partial charge in [0.2, 0.25) is 10.0 Å². The lowest BCUT2D eigenvalue weighted by atomic mass is 10.2. The minimum absolute atomic E-state index is 0.123. The van der Waals surface area contributed by atoms with Crippen LogP contribution in [0, 0.1) is 24.0 Å². The van der Waals surface area contributed by atoms with Gasteiger partial charge in [-0.3, -0.25) is 0 Å². The summed E-state index contributed by atoms with van der Waals surface area (Å²) in [6, 6.07) is 1.64. The van der Waals surface area contributed by atoms with Crippen LogP contribution >= 0.6 is 0 Å². The summed E-state index contributed by atoms with van der Waals surface area (Å²) < 4.78 is 52.8. The van der Waals surface area contributed by atoms with E-state index in [2.05, 4.69) is 5.92 Å². The molecule has 0 spiro atoms. The number of terminal acetylenes is 1. The molecule has 0 fully saturated rings. The maximum atomic E-state index is 14.0. The Balaban J connectivity index is 3.38. The number of nitrogens with zero attached hydrogens (tertiary/aromatic N) is 1. The number of hydrogen-bond donors (Lipinski definition) is 1. The van der Waals surface area contributed by atoms with Crippen LogP contribution in [0.15, 0.2) is 17.0 Å². The van der Waals surface area contributed by atoms with Crippen LogP contribution in [0.1, 0.15) is 18.9 Å². The molecule has 0 atom stereocenters. The van der Waals surface area contributed by atoms with E-state index in [4.69, 9.17) is 11.5 Å². The Morgan fingerprint density at radius 3 is 2.55 bits per heavy atom. The van der Waals surface area contributed by atoms with Crippen LogP contribution < -0.4 is 0 Å². The summed E-state index contributed by atoms with van der Waals surface area (Å²) in [4.78, 5) is -0.688. The van der Waals surface area contributed by atoms with Crippen LogP contribution in [0.5, 0.6) is 0 Å². The smallest absolute Gasteiger partial charge is 0.246 e. The first kappa shape index (κ1) is 16.6. The molecule has 1 aromatic rings. The van der Waals surface area contributed by atoms with E-state index in [1.807, 2.05) is 0 Å². The van der Waals surface area contributed by atoms with Crippen molar-refractivity contribution in [1.82, 2.24) is 4.31 Å². The van der Waals surface area contributed by atoms with E-state index in [0.29, 0.717) is 6.42 Å². The number of aliphatic hydroxyl groups is 1. The van der Waals surface area contributed by atoms with Crippen LogP contribution in [0.25, 0.3) is 0 Å². The molecule has 0 saturated heterocycles. The van der Waals surface area contributed by atoms with Gasteiger partial charge in [-0.2, -0.15) is 4.31 Å². The fourth-order valence-corrected chi connectivity index (χ4v) is 3.23. The normalized spacial score (nSPS) is 11.6. The highest BCUT2D eigenvalue weighted by molar-refractivity contribution is 7.89. The average molecular weight is 303 g/mol. The first-order valence-corrected chi connectivity index (χ1v) is 7.35. The molecule has 7 heteroatoms. The van der Waals surface area contributed by atoms with Crippen molar-refractivity contribution in [2.24, 2.45) is 0 Å². The zero-order chi connectivity index (χ0) is 15.3. The monoisotopic (exact) mass is 303 g/mol. The molecule has 0 aliphatic rings. The molecule has 0 unspecified atom stereocenters. The number of rotatable bonds is 6. The van der Waals surface area contributed by atoms with Gasteiger partial charge in [0.1, 0.15) is 10.7 Å². The van der Waals surface area contributed by atoms with Crippen LogP contribution in [-0.2, 0) is 16.6 Å². The molecule has 0 aliphatic carbocycles. The summed E-state index contributed by atoms with van der Waals surface area (Å²) >= 11 is 0. The van der Waals surface area contributed by atoms with Crippen molar-refractivity contribution >= 4 is 10.0 Å². The third-order valence-electron chi connectivity index (χ3n) is 2.67. The summed E-state index contributed by atoms with van der Waals surface area (Å²) in [5.41, 5.74) is -0.678. The first-order valence-electron chi connectivity index (χ1n) is 5.91. The van der Waals surface area contributed by atoms with Gasteiger partial charge >= 0.3 is 0 Å². The Hall–Kier alpha value is -1.49. The Labute approximate surface area is 117 Å². The van der Waals surface area contributed by atoms with Gasteiger partial charge in [-0.25, -0.2) is 17.2 Å². The number of hydrogen-bond acceptors (Lipinski definition) is 3. The molecule has 20 heavy (non-hydrogen) atoms. The molecule has 1 N–H and O–H groups in total. The minimum Gasteiger partial charge on any atom is -0.391 e. The van der Waals surface area contributed by atoms with Gasteiger partial charge in [-0.15, -0.1) is 6.42 Å². The van der Waals surface area contributed by atoms with Gasteiger partial charge < -0.3 is 5.11 Å². The molecule has 0 bridgehead atoms. The Morgan fingerprint density at radius 1 is 1.40 bits per heavy atom. The van der Waals surface area contributed by atoms with Gasteiger partial charge in [0.25, 0.3) is 0 Å². The lowest BCUT2D eigenvalue weighted by molar-refractivity contribution is 0.267. The molecule has 0 aromatic heterocycles. The second kappa shape index (κ2) is 6.79. The first-order chi connectivity index (χ1) is 9.39. The third-order valence-corrected chi connectivity index (χ3v) is 4.53. The van der Waals surface area contributed by atoms with Crippen LogP contribution in [0.2, 0.25) is 0 Å². The van der Waals surface area contributed by atoms with Gasteiger partial charge in [-0.05, 0) is 18.6 Å². The summed E-state index contributed by atoms with van der Waals surface area (Å²) in [5, 5.41) is 8.91. The minimum atomic E-state index is -4.17. The molecule has 0 heterocycles. The fraction of sp³-hybridized carbons (Fsp3) is 0.385. The van der Waals surface area contributed by atoms with Gasteiger partial charge in [0.05, 0.1) is 18.7 Å². The zero-order valence-corrected chi connectivity index (χ0v) is 11.8. The zero-order valence-electron chi connectivity index (χ0n) is 10.9. The van der Waals surface area contributed by atoms with E-state index in [-0.39, 0.29) is 13.1 Å². The molecule has 0 radical (unpaired) electrons. The lowest BCUT2D eigenvalue weighted by Crippen LogP contribution is -2.33. The summed E-state index contributed by atoms with van der Waals surface area (Å²) in [7, 11) is -4.17. The Morgan fingerprint density at radius 2 is 2.05 bits per heavy atom. The van der Waals surface area contributed by atoms with Crippen molar-refractivity contribution in [2.45, 2.75) is 24.8 Å². The van der Waals surface area contributed by atoms with Crippen molar-refractivity contribution in [3.05, 3.63) is 29.3 Å². The highest BCUT2D eigenvalue weighted by Crippen LogP contribution is 2.24. The third kappa shape index (κ3) is 3.15. The van der Waals surface area contributed by atoms with E-state index >= 15 is 0 Å². The van der Waals surface area contributed by atoms with Crippen molar-refractivity contribution in [3.8, 4) is 12.3 Å². The molecule has 0 amide bonds. The highest BCUT2D eigenvalue weighted by Gasteiger charge is 2.28. The van der Waals surface area contributed by atoms with E-state index in [1.54, 1.807) is 6.92 Å². The van der Waals surface area contributed by atoms with Gasteiger partial charge in [0, 0.05) is 6.54 Å². The maximum absolute atomic E-state index is 14.0. The van der Waals surface area contributed by atoms with Gasteiger partial charge in [-0.1, -0.05) is 12.8 Å². The SMILES string of the molecule is C#CCN(CCC)S(=O)(=O)c1ccc(F)c(CO)c1F. The topological polar surface area (TPSA) is 57.6 Å². The van der Waals surface area contributed by atoms with Crippen LogP contribution in [0.3, 0.4) is 0 Å². The highest BCUT2D eigenvalue weighted by atomic mass is 32.2. The Kier molecular flexibility index (Phi) is 5.62. The van der Waals surface area contributed by atoms with Crippen molar-refractivity contribution < 1.29 is 22.3 Å². The average Bonchev–Trinajstić information content (AvgIpc) is 2.38. The largest absolute Gasteiger partial charge is 0.391 e. The Bertz CT molecular complexity index is 623. The molecular formula is C13H15F2NO3S. The lowest BCUT2D eigenvalue weighted by Gasteiger charge is -2.20. The molecular weight excluding hydrogens is 288 g/mol. The molecule has 0 saturated carbocycles. The summed E-state index contributed by atoms with van der Waals surface area (Å²) in [6.07, 6.45) is 5.60. The van der Waals surface area contributed by atoms with E-state index in [0.717, 1.165) is 16.4 Å². The number of aliphatic hydroxyl groups excluding tert-OH is 1. The second-order valence-electron chi connectivity index (χ2n) is 4.04. The standard InChI is InChI=1S/C13H15F2NO3S/c1-3-7-16(8-4-2)20(18,19)12-6-5-11(14)10(9-17)13(12)15/h1,5-6,17H,4,7-9H2,2H3. The number of halogens is 2. The van der Waals surface area contributed by atoms with E-state index in [9.17, 15) is 17.2 Å². The van der Waals surface area contributed by atoms with Crippen LogP contribution in [0.4, 0.5) is 8.78 Å². The number of benzene rings is 1. The maximum Gasteiger partial charge on any atom is 0.246 e. The van der Waals surface area contributed by atoms with Crippen molar-refractivity contribution in [3.63, 3.8) is 0 Å². The quantitative estimate of drug-likeness (QED) is 0.810. The second-order valence-corrected chi connectivity index (χ2v) is 5.95. The van der Waals surface area contributed by atoms with Crippen LogP contribution in [-0.4, -0.2) is 30.9 Å². The van der Waals surface area contributed by atoms with Crippen molar-refractivity contribution in [1.29, 1.82) is 0 Å². The molecule has 1 rings (SSSR count). The molecule has 0 aliphatic heterocycles. The number of sulfonamides is 1. The molecule has 110 valence electrons. The fourth-order valence-electron chi connectivity index (χ4n) is 1.69. The summed E-state index contributed by atoms with van der Waals surface area (Å²) in [5.74, 6) is -0.0950.